The van der Waals surface area contributed by atoms with E-state index in [2.05, 4.69) is 0 Å². The van der Waals surface area contributed by atoms with Crippen LogP contribution in [0.4, 0.5) is 0 Å². The van der Waals surface area contributed by atoms with E-state index < -0.39 is 0 Å². The van der Waals surface area contributed by atoms with E-state index in [9.17, 15) is 9.90 Å². The average Bonchev–Trinajstić information content (AvgIpc) is 2.59. The van der Waals surface area contributed by atoms with Crippen LogP contribution in [0.5, 0.6) is 23.0 Å². The van der Waals surface area contributed by atoms with Crippen molar-refractivity contribution in [2.75, 3.05) is 21.3 Å². The number of hydrogen-bond acceptors (Lipinski definition) is 6. The highest BCUT2D eigenvalue weighted by atomic mass is 16.5. The summed E-state index contributed by atoms with van der Waals surface area (Å²) < 4.78 is 21.7. The van der Waals surface area contributed by atoms with Gasteiger partial charge >= 0.3 is 0 Å². The quantitative estimate of drug-likeness (QED) is 0.792. The number of rotatable bonds is 4. The van der Waals surface area contributed by atoms with Crippen LogP contribution in [0.15, 0.2) is 45.6 Å². The second kappa shape index (κ2) is 6.16. The minimum atomic E-state index is -0.285. The van der Waals surface area contributed by atoms with Crippen LogP contribution in [0, 0.1) is 0 Å². The fraction of sp³-hybridized carbons (Fsp3) is 0.167. The molecule has 0 atom stereocenters. The molecule has 3 rings (SSSR count). The summed E-state index contributed by atoms with van der Waals surface area (Å²) in [6.45, 7) is 0. The molecule has 0 bridgehead atoms. The molecule has 6 nitrogen and oxygen atoms in total. The molecule has 3 aromatic rings. The number of benzene rings is 2. The topological polar surface area (TPSA) is 78.1 Å². The summed E-state index contributed by atoms with van der Waals surface area (Å²) in [5, 5.41) is 9.88. The lowest BCUT2D eigenvalue weighted by Crippen LogP contribution is -2.05. The highest BCUT2D eigenvalue weighted by Crippen LogP contribution is 2.42. The third kappa shape index (κ3) is 2.52. The predicted octanol–water partition coefficient (Wildman–Crippen LogP) is 3.19. The Bertz CT molecular complexity index is 958. The van der Waals surface area contributed by atoms with Crippen LogP contribution in [-0.4, -0.2) is 26.4 Å². The molecule has 0 aliphatic heterocycles. The van der Waals surface area contributed by atoms with Crippen molar-refractivity contribution in [3.05, 3.63) is 46.6 Å². The minimum Gasteiger partial charge on any atom is -0.508 e. The van der Waals surface area contributed by atoms with E-state index in [1.165, 1.54) is 33.5 Å². The lowest BCUT2D eigenvalue weighted by Gasteiger charge is -2.14. The third-order valence-electron chi connectivity index (χ3n) is 3.65. The SMILES string of the molecule is COc1cc2oc(-c3cccc(O)c3)cc(=O)c2c(OC)c1OC. The molecule has 24 heavy (non-hydrogen) atoms. The minimum absolute atomic E-state index is 0.0835. The van der Waals surface area contributed by atoms with Gasteiger partial charge in [-0.05, 0) is 12.1 Å². The van der Waals surface area contributed by atoms with Crippen molar-refractivity contribution in [2.24, 2.45) is 0 Å². The Morgan fingerprint density at radius 1 is 0.958 bits per heavy atom. The third-order valence-corrected chi connectivity index (χ3v) is 3.65. The summed E-state index contributed by atoms with van der Waals surface area (Å²) in [5.41, 5.74) is 0.602. The predicted molar refractivity (Wildman–Crippen MR) is 89.2 cm³/mol. The van der Waals surface area contributed by atoms with Crippen molar-refractivity contribution in [1.82, 2.24) is 0 Å². The van der Waals surface area contributed by atoms with E-state index in [1.807, 2.05) is 0 Å². The van der Waals surface area contributed by atoms with Crippen molar-refractivity contribution < 1.29 is 23.7 Å². The molecule has 1 N–H and O–H groups in total. The first kappa shape index (κ1) is 15.7. The van der Waals surface area contributed by atoms with Gasteiger partial charge in [-0.25, -0.2) is 0 Å². The molecule has 0 spiro atoms. The van der Waals surface area contributed by atoms with E-state index in [4.69, 9.17) is 18.6 Å². The molecule has 0 aliphatic carbocycles. The second-order valence-corrected chi connectivity index (χ2v) is 5.04. The Morgan fingerprint density at radius 2 is 1.71 bits per heavy atom. The second-order valence-electron chi connectivity index (χ2n) is 5.04. The first-order valence-corrected chi connectivity index (χ1v) is 7.15. The Hall–Kier alpha value is -3.15. The first-order valence-electron chi connectivity index (χ1n) is 7.15. The number of phenolic OH excluding ortho intramolecular Hbond substituents is 1. The molecular weight excluding hydrogens is 312 g/mol. The van der Waals surface area contributed by atoms with Crippen LogP contribution in [0.3, 0.4) is 0 Å². The lowest BCUT2D eigenvalue weighted by molar-refractivity contribution is 0.326. The molecule has 0 amide bonds. The van der Waals surface area contributed by atoms with Gasteiger partial charge in [0.2, 0.25) is 5.75 Å². The molecule has 2 aromatic carbocycles. The van der Waals surface area contributed by atoms with Gasteiger partial charge in [-0.3, -0.25) is 4.79 Å². The maximum atomic E-state index is 12.6. The molecule has 0 aliphatic rings. The van der Waals surface area contributed by atoms with Crippen LogP contribution >= 0.6 is 0 Å². The summed E-state index contributed by atoms with van der Waals surface area (Å²) in [6, 6.07) is 9.39. The van der Waals surface area contributed by atoms with Gasteiger partial charge in [0.05, 0.1) is 21.3 Å². The zero-order valence-corrected chi connectivity index (χ0v) is 13.5. The summed E-state index contributed by atoms with van der Waals surface area (Å²) >= 11 is 0. The van der Waals surface area contributed by atoms with Crippen molar-refractivity contribution in [3.8, 4) is 34.3 Å². The number of phenols is 1. The molecule has 1 heterocycles. The van der Waals surface area contributed by atoms with Crippen LogP contribution < -0.4 is 19.6 Å². The Kier molecular flexibility index (Phi) is 4.04. The van der Waals surface area contributed by atoms with Crippen LogP contribution in [0.1, 0.15) is 0 Å². The Balaban J connectivity index is 2.34. The molecule has 6 heteroatoms. The molecule has 0 fully saturated rings. The Labute approximate surface area is 137 Å². The highest BCUT2D eigenvalue weighted by molar-refractivity contribution is 5.90. The highest BCUT2D eigenvalue weighted by Gasteiger charge is 2.20. The summed E-state index contributed by atoms with van der Waals surface area (Å²) in [4.78, 5) is 12.6. The van der Waals surface area contributed by atoms with Gasteiger partial charge in [-0.2, -0.15) is 0 Å². The van der Waals surface area contributed by atoms with Crippen LogP contribution in [0.25, 0.3) is 22.3 Å². The molecule has 0 unspecified atom stereocenters. The van der Waals surface area contributed by atoms with Gasteiger partial charge in [0.25, 0.3) is 0 Å². The summed E-state index contributed by atoms with van der Waals surface area (Å²) in [5.74, 6) is 1.38. The fourth-order valence-corrected chi connectivity index (χ4v) is 2.59. The van der Waals surface area contributed by atoms with Gasteiger partial charge in [0.1, 0.15) is 22.5 Å². The largest absolute Gasteiger partial charge is 0.508 e. The van der Waals surface area contributed by atoms with Crippen molar-refractivity contribution in [2.45, 2.75) is 0 Å². The molecule has 0 saturated heterocycles. The molecule has 0 radical (unpaired) electrons. The number of ether oxygens (including phenoxy) is 3. The first-order chi connectivity index (χ1) is 11.6. The van der Waals surface area contributed by atoms with E-state index in [0.29, 0.717) is 28.4 Å². The van der Waals surface area contributed by atoms with Gasteiger partial charge in [-0.1, -0.05) is 12.1 Å². The molecular formula is C18H16O6. The summed E-state index contributed by atoms with van der Waals surface area (Å²) in [6.07, 6.45) is 0. The van der Waals surface area contributed by atoms with Gasteiger partial charge < -0.3 is 23.7 Å². The van der Waals surface area contributed by atoms with Crippen LogP contribution in [0.2, 0.25) is 0 Å². The monoisotopic (exact) mass is 328 g/mol. The van der Waals surface area contributed by atoms with E-state index in [-0.39, 0.29) is 22.3 Å². The Morgan fingerprint density at radius 3 is 2.33 bits per heavy atom. The van der Waals surface area contributed by atoms with E-state index in [0.717, 1.165) is 0 Å². The van der Waals surface area contributed by atoms with Crippen molar-refractivity contribution in [3.63, 3.8) is 0 Å². The van der Waals surface area contributed by atoms with Crippen LogP contribution in [-0.2, 0) is 0 Å². The fourth-order valence-electron chi connectivity index (χ4n) is 2.59. The number of aromatic hydroxyl groups is 1. The number of fused-ring (bicyclic) bond motifs is 1. The van der Waals surface area contributed by atoms with Gasteiger partial charge in [0.15, 0.2) is 16.9 Å². The number of hydrogen-bond donors (Lipinski definition) is 1. The zero-order chi connectivity index (χ0) is 17.3. The summed E-state index contributed by atoms with van der Waals surface area (Å²) in [7, 11) is 4.40. The average molecular weight is 328 g/mol. The van der Waals surface area contributed by atoms with E-state index in [1.54, 1.807) is 24.3 Å². The maximum absolute atomic E-state index is 12.6. The molecule has 0 saturated carbocycles. The molecule has 124 valence electrons. The molecule has 1 aromatic heterocycles. The van der Waals surface area contributed by atoms with Gasteiger partial charge in [0, 0.05) is 17.7 Å². The lowest BCUT2D eigenvalue weighted by atomic mass is 10.1. The van der Waals surface area contributed by atoms with Gasteiger partial charge in [-0.15, -0.1) is 0 Å². The van der Waals surface area contributed by atoms with E-state index >= 15 is 0 Å². The maximum Gasteiger partial charge on any atom is 0.204 e. The normalized spacial score (nSPS) is 10.6. The smallest absolute Gasteiger partial charge is 0.204 e. The van der Waals surface area contributed by atoms with Crippen molar-refractivity contribution >= 4 is 11.0 Å². The van der Waals surface area contributed by atoms with Crippen molar-refractivity contribution in [1.29, 1.82) is 0 Å². The number of methoxy groups -OCH3 is 3. The zero-order valence-electron chi connectivity index (χ0n) is 13.5. The standard InChI is InChI=1S/C18H16O6/c1-21-15-9-14-16(18(23-3)17(15)22-2)12(20)8-13(24-14)10-5-4-6-11(19)7-10/h4-9,19H,1-3H3.